The van der Waals surface area contributed by atoms with Crippen LogP contribution in [0.4, 0.5) is 11.4 Å². The Morgan fingerprint density at radius 2 is 2.04 bits per heavy atom. The van der Waals surface area contributed by atoms with E-state index in [0.29, 0.717) is 13.0 Å². The van der Waals surface area contributed by atoms with Gasteiger partial charge < -0.3 is 19.7 Å². The van der Waals surface area contributed by atoms with Crippen molar-refractivity contribution < 1.29 is 14.3 Å². The van der Waals surface area contributed by atoms with Crippen LogP contribution in [0.1, 0.15) is 18.9 Å². The number of carbonyl (C=O) groups is 1. The third-order valence-electron chi connectivity index (χ3n) is 4.52. The Bertz CT molecular complexity index is 775. The highest BCUT2D eigenvalue weighted by Crippen LogP contribution is 2.34. The Balaban J connectivity index is 1.37. The van der Waals surface area contributed by atoms with Gasteiger partial charge in [-0.2, -0.15) is 0 Å². The van der Waals surface area contributed by atoms with Crippen LogP contribution in [0.15, 0.2) is 42.5 Å². The predicted molar refractivity (Wildman–Crippen MR) is 92.8 cm³/mol. The molecule has 1 unspecified atom stereocenters. The number of benzene rings is 2. The van der Waals surface area contributed by atoms with E-state index in [0.717, 1.165) is 29.3 Å². The predicted octanol–water partition coefficient (Wildman–Crippen LogP) is 3.20. The molecule has 24 heavy (non-hydrogen) atoms. The van der Waals surface area contributed by atoms with Crippen molar-refractivity contribution in [3.63, 3.8) is 0 Å². The third-order valence-corrected chi connectivity index (χ3v) is 4.52. The van der Waals surface area contributed by atoms with Crippen LogP contribution in [0, 0.1) is 0 Å². The van der Waals surface area contributed by atoms with Crippen LogP contribution in [-0.2, 0) is 11.2 Å². The van der Waals surface area contributed by atoms with Crippen molar-refractivity contribution in [2.45, 2.75) is 25.8 Å². The van der Waals surface area contributed by atoms with Gasteiger partial charge in [-0.15, -0.1) is 0 Å². The van der Waals surface area contributed by atoms with Crippen LogP contribution in [0.25, 0.3) is 0 Å². The van der Waals surface area contributed by atoms with Crippen molar-refractivity contribution in [3.05, 3.63) is 48.0 Å². The number of para-hydroxylation sites is 1. The standard InChI is InChI=1S/C19H20N2O3/c1-13-10-14-4-2-3-5-16(14)21(13)19(22)8-9-20-15-6-7-17-18(11-15)24-12-23-17/h2-7,11,13,20H,8-10,12H2,1H3. The summed E-state index contributed by atoms with van der Waals surface area (Å²) >= 11 is 0. The van der Waals surface area contributed by atoms with Gasteiger partial charge in [0.25, 0.3) is 0 Å². The summed E-state index contributed by atoms with van der Waals surface area (Å²) in [5.74, 6) is 1.66. The maximum Gasteiger partial charge on any atom is 0.231 e. The summed E-state index contributed by atoms with van der Waals surface area (Å²) in [6, 6.07) is 14.1. The highest BCUT2D eigenvalue weighted by Gasteiger charge is 2.29. The van der Waals surface area contributed by atoms with Gasteiger partial charge in [-0.1, -0.05) is 18.2 Å². The number of rotatable bonds is 4. The minimum atomic E-state index is 0.153. The van der Waals surface area contributed by atoms with E-state index in [1.165, 1.54) is 5.56 Å². The van der Waals surface area contributed by atoms with E-state index >= 15 is 0 Å². The lowest BCUT2D eigenvalue weighted by Crippen LogP contribution is -2.36. The summed E-state index contributed by atoms with van der Waals surface area (Å²) < 4.78 is 10.7. The lowest BCUT2D eigenvalue weighted by atomic mass is 10.1. The van der Waals surface area contributed by atoms with E-state index in [2.05, 4.69) is 18.3 Å². The molecule has 2 aliphatic rings. The molecule has 5 nitrogen and oxygen atoms in total. The fraction of sp³-hybridized carbons (Fsp3) is 0.316. The van der Waals surface area contributed by atoms with Gasteiger partial charge in [-0.25, -0.2) is 0 Å². The number of amides is 1. The molecule has 2 aliphatic heterocycles. The van der Waals surface area contributed by atoms with Crippen molar-refractivity contribution in [2.24, 2.45) is 0 Å². The SMILES string of the molecule is CC1Cc2ccccc2N1C(=O)CCNc1ccc2c(c1)OCO2. The van der Waals surface area contributed by atoms with Crippen molar-refractivity contribution in [1.29, 1.82) is 0 Å². The lowest BCUT2D eigenvalue weighted by molar-refractivity contribution is -0.118. The van der Waals surface area contributed by atoms with Crippen LogP contribution in [-0.4, -0.2) is 25.3 Å². The second-order valence-corrected chi connectivity index (χ2v) is 6.19. The number of hydrogen-bond acceptors (Lipinski definition) is 4. The molecule has 0 spiro atoms. The molecule has 0 aliphatic carbocycles. The third kappa shape index (κ3) is 2.66. The van der Waals surface area contributed by atoms with E-state index in [-0.39, 0.29) is 18.7 Å². The topological polar surface area (TPSA) is 50.8 Å². The van der Waals surface area contributed by atoms with Crippen LogP contribution < -0.4 is 19.7 Å². The number of fused-ring (bicyclic) bond motifs is 2. The Morgan fingerprint density at radius 3 is 2.96 bits per heavy atom. The van der Waals surface area contributed by atoms with Crippen LogP contribution >= 0.6 is 0 Å². The number of nitrogens with zero attached hydrogens (tertiary/aromatic N) is 1. The zero-order valence-corrected chi connectivity index (χ0v) is 13.6. The first-order valence-corrected chi connectivity index (χ1v) is 8.26. The largest absolute Gasteiger partial charge is 0.454 e. The normalized spacial score (nSPS) is 17.7. The van der Waals surface area contributed by atoms with E-state index < -0.39 is 0 Å². The van der Waals surface area contributed by atoms with Crippen LogP contribution in [0.3, 0.4) is 0 Å². The highest BCUT2D eigenvalue weighted by atomic mass is 16.7. The van der Waals surface area contributed by atoms with Gasteiger partial charge in [0.1, 0.15) is 0 Å². The number of hydrogen-bond donors (Lipinski definition) is 1. The fourth-order valence-electron chi connectivity index (χ4n) is 3.39. The summed E-state index contributed by atoms with van der Waals surface area (Å²) in [7, 11) is 0. The maximum absolute atomic E-state index is 12.6. The second-order valence-electron chi connectivity index (χ2n) is 6.19. The van der Waals surface area contributed by atoms with E-state index in [1.54, 1.807) is 0 Å². The average molecular weight is 324 g/mol. The van der Waals surface area contributed by atoms with Gasteiger partial charge in [0.15, 0.2) is 11.5 Å². The molecule has 4 rings (SSSR count). The summed E-state index contributed by atoms with van der Waals surface area (Å²) in [5, 5.41) is 3.28. The zero-order chi connectivity index (χ0) is 16.5. The Hall–Kier alpha value is -2.69. The van der Waals surface area contributed by atoms with Crippen molar-refractivity contribution in [1.82, 2.24) is 0 Å². The maximum atomic E-state index is 12.6. The van der Waals surface area contributed by atoms with Gasteiger partial charge in [-0.3, -0.25) is 4.79 Å². The number of anilines is 2. The first-order chi connectivity index (χ1) is 11.7. The second kappa shape index (κ2) is 6.07. The molecule has 2 heterocycles. The highest BCUT2D eigenvalue weighted by molar-refractivity contribution is 5.96. The van der Waals surface area contributed by atoms with E-state index in [9.17, 15) is 4.79 Å². The molecule has 0 radical (unpaired) electrons. The summed E-state index contributed by atoms with van der Waals surface area (Å²) in [4.78, 5) is 14.6. The summed E-state index contributed by atoms with van der Waals surface area (Å²) in [6.45, 7) is 2.95. The molecule has 0 fully saturated rings. The molecule has 0 bridgehead atoms. The molecule has 1 atom stereocenters. The van der Waals surface area contributed by atoms with Crippen LogP contribution in [0.2, 0.25) is 0 Å². The van der Waals surface area contributed by atoms with Crippen LogP contribution in [0.5, 0.6) is 11.5 Å². The molecular weight excluding hydrogens is 304 g/mol. The molecular formula is C19H20N2O3. The van der Waals surface area contributed by atoms with Gasteiger partial charge in [0.05, 0.1) is 0 Å². The Kier molecular flexibility index (Phi) is 3.76. The fourth-order valence-corrected chi connectivity index (χ4v) is 3.39. The molecule has 0 saturated carbocycles. The van der Waals surface area contributed by atoms with Gasteiger partial charge in [0, 0.05) is 36.4 Å². The minimum Gasteiger partial charge on any atom is -0.454 e. The molecule has 124 valence electrons. The molecule has 1 N–H and O–H groups in total. The lowest BCUT2D eigenvalue weighted by Gasteiger charge is -2.23. The first kappa shape index (κ1) is 14.9. The summed E-state index contributed by atoms with van der Waals surface area (Å²) in [5.41, 5.74) is 3.24. The van der Waals surface area contributed by atoms with Crippen molar-refractivity contribution >= 4 is 17.3 Å². The molecule has 2 aromatic carbocycles. The van der Waals surface area contributed by atoms with Crippen molar-refractivity contribution in [2.75, 3.05) is 23.6 Å². The molecule has 0 saturated heterocycles. The first-order valence-electron chi connectivity index (χ1n) is 8.26. The number of carbonyl (C=O) groups excluding carboxylic acids is 1. The number of ether oxygens (including phenoxy) is 2. The number of nitrogens with one attached hydrogen (secondary N) is 1. The molecule has 5 heteroatoms. The van der Waals surface area contributed by atoms with Crippen molar-refractivity contribution in [3.8, 4) is 11.5 Å². The average Bonchev–Trinajstić information content (AvgIpc) is 3.17. The summed E-state index contributed by atoms with van der Waals surface area (Å²) in [6.07, 6.45) is 1.38. The minimum absolute atomic E-state index is 0.153. The van der Waals surface area contributed by atoms with E-state index in [1.807, 2.05) is 41.3 Å². The Morgan fingerprint density at radius 1 is 1.21 bits per heavy atom. The van der Waals surface area contributed by atoms with Gasteiger partial charge in [-0.05, 0) is 37.1 Å². The molecule has 0 aromatic heterocycles. The smallest absolute Gasteiger partial charge is 0.231 e. The zero-order valence-electron chi connectivity index (χ0n) is 13.6. The quantitative estimate of drug-likeness (QED) is 0.938. The molecule has 1 amide bonds. The van der Waals surface area contributed by atoms with E-state index in [4.69, 9.17) is 9.47 Å². The monoisotopic (exact) mass is 324 g/mol. The Labute approximate surface area is 141 Å². The van der Waals surface area contributed by atoms with Gasteiger partial charge in [0.2, 0.25) is 12.7 Å². The molecule has 2 aromatic rings. The van der Waals surface area contributed by atoms with Gasteiger partial charge >= 0.3 is 0 Å².